The lowest BCUT2D eigenvalue weighted by molar-refractivity contribution is -0.384. The number of carbonyl (C=O) groups excluding carboxylic acids is 1. The van der Waals surface area contributed by atoms with Crippen molar-refractivity contribution >= 4 is 39.8 Å². The summed E-state index contributed by atoms with van der Waals surface area (Å²) in [6, 6.07) is 5.84. The number of non-ortho nitro benzene ring substituents is 1. The Hall–Kier alpha value is -3.20. The minimum atomic E-state index is -4.76. The molecule has 0 aliphatic carbocycles. The van der Waals surface area contributed by atoms with E-state index in [1.54, 1.807) is 11.4 Å². The Labute approximate surface area is 168 Å². The Morgan fingerprint density at radius 3 is 2.79 bits per heavy atom. The van der Waals surface area contributed by atoms with Gasteiger partial charge in [-0.1, -0.05) is 23.9 Å². The van der Waals surface area contributed by atoms with Crippen molar-refractivity contribution in [2.45, 2.75) is 11.3 Å². The number of rotatable bonds is 6. The maximum atomic E-state index is 12.6. The van der Waals surface area contributed by atoms with Crippen molar-refractivity contribution in [1.82, 2.24) is 19.9 Å². The number of amides is 1. The number of hydrogen-bond donors (Lipinski definition) is 2. The molecule has 0 radical (unpaired) electrons. The topological polar surface area (TPSA) is 142 Å². The highest BCUT2D eigenvalue weighted by atomic mass is 32.2. The number of halogens is 3. The van der Waals surface area contributed by atoms with Crippen LogP contribution >= 0.6 is 23.1 Å². The van der Waals surface area contributed by atoms with Gasteiger partial charge in [-0.3, -0.25) is 14.9 Å². The summed E-state index contributed by atoms with van der Waals surface area (Å²) in [6.45, 7) is 0. The SMILES string of the molecule is Nn1c(SCC(=O)Nc2nc(-c3cccc([N+](=O)[O-])c3)cs2)nnc1C(F)(F)F. The predicted molar refractivity (Wildman–Crippen MR) is 98.7 cm³/mol. The van der Waals surface area contributed by atoms with Gasteiger partial charge in [-0.25, -0.2) is 9.66 Å². The minimum absolute atomic E-state index is 0.0957. The second kappa shape index (κ2) is 8.04. The highest BCUT2D eigenvalue weighted by Gasteiger charge is 2.38. The summed E-state index contributed by atoms with van der Waals surface area (Å²) in [4.78, 5) is 26.5. The number of benzene rings is 1. The van der Waals surface area contributed by atoms with E-state index in [1.807, 2.05) is 0 Å². The lowest BCUT2D eigenvalue weighted by atomic mass is 10.1. The number of carbonyl (C=O) groups is 1. The molecule has 0 fully saturated rings. The molecule has 0 saturated carbocycles. The van der Waals surface area contributed by atoms with Crippen molar-refractivity contribution in [3.05, 3.63) is 45.6 Å². The first kappa shape index (κ1) is 20.5. The van der Waals surface area contributed by atoms with E-state index >= 15 is 0 Å². The van der Waals surface area contributed by atoms with Crippen LogP contribution in [0, 0.1) is 10.1 Å². The van der Waals surface area contributed by atoms with Crippen LogP contribution in [0.25, 0.3) is 11.3 Å². The second-order valence-electron chi connectivity index (χ2n) is 5.36. The molecule has 152 valence electrons. The molecule has 0 unspecified atom stereocenters. The Morgan fingerprint density at radius 2 is 2.14 bits per heavy atom. The summed E-state index contributed by atoms with van der Waals surface area (Å²) in [5, 5.41) is 21.2. The summed E-state index contributed by atoms with van der Waals surface area (Å²) in [6.07, 6.45) is -4.76. The van der Waals surface area contributed by atoms with Gasteiger partial charge in [0.05, 0.1) is 16.4 Å². The maximum Gasteiger partial charge on any atom is 0.453 e. The number of hydrogen-bond acceptors (Lipinski definition) is 9. The molecule has 0 spiro atoms. The fourth-order valence-electron chi connectivity index (χ4n) is 2.10. The van der Waals surface area contributed by atoms with E-state index in [0.717, 1.165) is 11.3 Å². The monoisotopic (exact) mass is 445 g/mol. The van der Waals surface area contributed by atoms with E-state index in [-0.39, 0.29) is 26.4 Å². The van der Waals surface area contributed by atoms with Crippen molar-refractivity contribution < 1.29 is 22.9 Å². The first-order chi connectivity index (χ1) is 13.6. The van der Waals surface area contributed by atoms with Crippen LogP contribution in [-0.2, 0) is 11.0 Å². The van der Waals surface area contributed by atoms with Crippen LogP contribution < -0.4 is 11.2 Å². The van der Waals surface area contributed by atoms with E-state index in [0.29, 0.717) is 23.0 Å². The average Bonchev–Trinajstić information content (AvgIpc) is 3.26. The van der Waals surface area contributed by atoms with Gasteiger partial charge in [0.15, 0.2) is 5.13 Å². The molecule has 1 amide bonds. The molecule has 0 aliphatic heterocycles. The van der Waals surface area contributed by atoms with Gasteiger partial charge in [-0.05, 0) is 0 Å². The predicted octanol–water partition coefficient (Wildman–Crippen LogP) is 2.77. The van der Waals surface area contributed by atoms with E-state index in [2.05, 4.69) is 20.5 Å². The fraction of sp³-hybridized carbons (Fsp3) is 0.143. The molecular weight excluding hydrogens is 435 g/mol. The Kier molecular flexibility index (Phi) is 5.69. The number of alkyl halides is 3. The molecule has 1 aromatic carbocycles. The quantitative estimate of drug-likeness (QED) is 0.255. The number of nitrogen functional groups attached to an aromatic ring is 1. The van der Waals surface area contributed by atoms with E-state index in [1.165, 1.54) is 18.2 Å². The number of aromatic nitrogens is 4. The number of nitro groups is 1. The number of nitrogens with zero attached hydrogens (tertiary/aromatic N) is 5. The molecule has 0 saturated heterocycles. The van der Waals surface area contributed by atoms with E-state index in [9.17, 15) is 28.1 Å². The standard InChI is InChI=1S/C14H10F3N7O3S2/c15-14(16,17)11-21-22-13(23(11)18)29-6-10(25)20-12-19-9(5-28-12)7-2-1-3-8(4-7)24(26)27/h1-5H,6,18H2,(H,19,20,25). The Bertz CT molecular complexity index is 1070. The molecule has 2 aromatic heterocycles. The molecule has 29 heavy (non-hydrogen) atoms. The molecule has 3 rings (SSSR count). The van der Waals surface area contributed by atoms with Gasteiger partial charge in [-0.2, -0.15) is 13.2 Å². The number of nitro benzene ring substituents is 1. The average molecular weight is 445 g/mol. The van der Waals surface area contributed by atoms with Gasteiger partial charge in [0.2, 0.25) is 11.1 Å². The maximum absolute atomic E-state index is 12.6. The molecule has 10 nitrogen and oxygen atoms in total. The van der Waals surface area contributed by atoms with Crippen molar-refractivity contribution in [2.75, 3.05) is 16.9 Å². The highest BCUT2D eigenvalue weighted by Crippen LogP contribution is 2.29. The van der Waals surface area contributed by atoms with Gasteiger partial charge < -0.3 is 11.2 Å². The van der Waals surface area contributed by atoms with Crippen LogP contribution in [0.1, 0.15) is 5.82 Å². The Balaban J connectivity index is 1.62. The summed E-state index contributed by atoms with van der Waals surface area (Å²) >= 11 is 1.76. The molecule has 0 aliphatic rings. The van der Waals surface area contributed by atoms with Crippen LogP contribution in [0.3, 0.4) is 0 Å². The van der Waals surface area contributed by atoms with Crippen LogP contribution in [0.4, 0.5) is 24.0 Å². The first-order valence-electron chi connectivity index (χ1n) is 7.56. The third kappa shape index (κ3) is 4.80. The number of anilines is 1. The zero-order valence-electron chi connectivity index (χ0n) is 14.1. The van der Waals surface area contributed by atoms with Gasteiger partial charge in [0, 0.05) is 23.1 Å². The van der Waals surface area contributed by atoms with Crippen LogP contribution in [-0.4, -0.2) is 36.4 Å². The molecular formula is C14H10F3N7O3S2. The zero-order chi connectivity index (χ0) is 21.2. The lowest BCUT2D eigenvalue weighted by Gasteiger charge is -2.05. The molecule has 0 atom stereocenters. The summed E-state index contributed by atoms with van der Waals surface area (Å²) in [5.41, 5.74) is 0.834. The number of nitrogens with one attached hydrogen (secondary N) is 1. The normalized spacial score (nSPS) is 11.4. The van der Waals surface area contributed by atoms with Crippen LogP contribution in [0.5, 0.6) is 0 Å². The minimum Gasteiger partial charge on any atom is -0.335 e. The van der Waals surface area contributed by atoms with Gasteiger partial charge in [0.1, 0.15) is 0 Å². The van der Waals surface area contributed by atoms with Gasteiger partial charge >= 0.3 is 6.18 Å². The lowest BCUT2D eigenvalue weighted by Crippen LogP contribution is -2.22. The largest absolute Gasteiger partial charge is 0.453 e. The summed E-state index contributed by atoms with van der Waals surface area (Å²) in [7, 11) is 0. The molecule has 3 N–H and O–H groups in total. The van der Waals surface area contributed by atoms with Crippen molar-refractivity contribution in [3.8, 4) is 11.3 Å². The van der Waals surface area contributed by atoms with Crippen molar-refractivity contribution in [3.63, 3.8) is 0 Å². The summed E-state index contributed by atoms with van der Waals surface area (Å²) in [5.74, 6) is 3.09. The third-order valence-electron chi connectivity index (χ3n) is 3.35. The molecule has 2 heterocycles. The number of thiazole rings is 1. The van der Waals surface area contributed by atoms with Crippen LogP contribution in [0.15, 0.2) is 34.8 Å². The number of thioether (sulfide) groups is 1. The summed E-state index contributed by atoms with van der Waals surface area (Å²) < 4.78 is 38.1. The number of nitrogens with two attached hydrogens (primary N) is 1. The van der Waals surface area contributed by atoms with Crippen molar-refractivity contribution in [2.24, 2.45) is 0 Å². The third-order valence-corrected chi connectivity index (χ3v) is 5.05. The molecule has 0 bridgehead atoms. The second-order valence-corrected chi connectivity index (χ2v) is 7.16. The van der Waals surface area contributed by atoms with E-state index in [4.69, 9.17) is 5.84 Å². The van der Waals surface area contributed by atoms with Crippen LogP contribution in [0.2, 0.25) is 0 Å². The smallest absolute Gasteiger partial charge is 0.335 e. The zero-order valence-corrected chi connectivity index (χ0v) is 15.7. The fourth-order valence-corrected chi connectivity index (χ4v) is 3.49. The highest BCUT2D eigenvalue weighted by molar-refractivity contribution is 7.99. The molecule has 3 aromatic rings. The van der Waals surface area contributed by atoms with E-state index < -0.39 is 22.8 Å². The first-order valence-corrected chi connectivity index (χ1v) is 9.42. The Morgan fingerprint density at radius 1 is 1.38 bits per heavy atom. The van der Waals surface area contributed by atoms with Gasteiger partial charge in [0.25, 0.3) is 11.5 Å². The van der Waals surface area contributed by atoms with Gasteiger partial charge in [-0.15, -0.1) is 21.5 Å². The van der Waals surface area contributed by atoms with Crippen molar-refractivity contribution in [1.29, 1.82) is 0 Å². The molecule has 15 heteroatoms.